The molecule has 3 rings (SSSR count). The number of nitrogens with one attached hydrogen (secondary N) is 3. The lowest BCUT2D eigenvalue weighted by atomic mass is 10.1. The van der Waals surface area contributed by atoms with Crippen molar-refractivity contribution in [2.75, 3.05) is 26.0 Å². The van der Waals surface area contributed by atoms with Gasteiger partial charge in [-0.15, -0.1) is 11.8 Å². The number of methoxy groups -OCH3 is 1. The summed E-state index contributed by atoms with van der Waals surface area (Å²) in [6.07, 6.45) is 0. The van der Waals surface area contributed by atoms with Crippen LogP contribution in [0, 0.1) is 0 Å². The van der Waals surface area contributed by atoms with Gasteiger partial charge in [0.2, 0.25) is 5.91 Å². The number of carbonyl (C=O) groups is 2. The van der Waals surface area contributed by atoms with Crippen LogP contribution in [0.2, 0.25) is 0 Å². The van der Waals surface area contributed by atoms with E-state index in [0.29, 0.717) is 25.3 Å². The van der Waals surface area contributed by atoms with Crippen molar-refractivity contribution in [2.45, 2.75) is 24.5 Å². The average Bonchev–Trinajstić information content (AvgIpc) is 3.19. The Bertz CT molecular complexity index is 841. The highest BCUT2D eigenvalue weighted by molar-refractivity contribution is 8.00. The molecule has 7 heteroatoms. The van der Waals surface area contributed by atoms with Crippen LogP contribution in [0.15, 0.2) is 47.4 Å². The number of thioether (sulfide) groups is 1. The van der Waals surface area contributed by atoms with Gasteiger partial charge in [0.25, 0.3) is 5.91 Å². The molecule has 0 saturated heterocycles. The van der Waals surface area contributed by atoms with Crippen molar-refractivity contribution in [1.82, 2.24) is 16.0 Å². The molecule has 0 atom stereocenters. The van der Waals surface area contributed by atoms with E-state index in [9.17, 15) is 9.59 Å². The minimum atomic E-state index is -0.137. The van der Waals surface area contributed by atoms with Crippen LogP contribution in [0.25, 0.3) is 0 Å². The van der Waals surface area contributed by atoms with Crippen molar-refractivity contribution in [1.29, 1.82) is 0 Å². The summed E-state index contributed by atoms with van der Waals surface area (Å²) in [5.74, 6) is 0.0387. The van der Waals surface area contributed by atoms with E-state index in [1.54, 1.807) is 13.2 Å². The van der Waals surface area contributed by atoms with Crippen LogP contribution in [0.5, 0.6) is 0 Å². The summed E-state index contributed by atoms with van der Waals surface area (Å²) in [7, 11) is 1.59. The quantitative estimate of drug-likeness (QED) is 0.444. The lowest BCUT2D eigenvalue weighted by Crippen LogP contribution is -2.28. The zero-order valence-electron chi connectivity index (χ0n) is 15.9. The van der Waals surface area contributed by atoms with E-state index in [1.165, 1.54) is 22.9 Å². The average molecular weight is 400 g/mol. The molecule has 2 aromatic carbocycles. The third-order valence-corrected chi connectivity index (χ3v) is 5.55. The van der Waals surface area contributed by atoms with E-state index in [2.05, 4.69) is 34.1 Å². The molecule has 2 aromatic rings. The van der Waals surface area contributed by atoms with Crippen LogP contribution >= 0.6 is 11.8 Å². The maximum absolute atomic E-state index is 12.7. The molecule has 0 saturated carbocycles. The highest BCUT2D eigenvalue weighted by Crippen LogP contribution is 2.23. The fraction of sp³-hybridized carbons (Fsp3) is 0.333. The lowest BCUT2D eigenvalue weighted by molar-refractivity contribution is -0.118. The maximum Gasteiger partial charge on any atom is 0.252 e. The third kappa shape index (κ3) is 5.58. The molecule has 0 spiro atoms. The molecule has 0 radical (unpaired) electrons. The summed E-state index contributed by atoms with van der Waals surface area (Å²) >= 11 is 1.36. The maximum atomic E-state index is 12.7. The summed E-state index contributed by atoms with van der Waals surface area (Å²) < 4.78 is 4.92. The SMILES string of the molecule is COCCNC(=O)CSc1ccccc1C(=O)NCc1ccc2c(c1)CNC2. The molecule has 0 aromatic heterocycles. The van der Waals surface area contributed by atoms with Crippen molar-refractivity contribution in [3.05, 3.63) is 64.7 Å². The normalized spacial score (nSPS) is 12.5. The Morgan fingerprint density at radius 1 is 1.11 bits per heavy atom. The van der Waals surface area contributed by atoms with E-state index >= 15 is 0 Å². The number of rotatable bonds is 9. The zero-order valence-corrected chi connectivity index (χ0v) is 16.7. The number of hydrogen-bond donors (Lipinski definition) is 3. The first kappa shape index (κ1) is 20.4. The van der Waals surface area contributed by atoms with E-state index in [0.717, 1.165) is 23.5 Å². The van der Waals surface area contributed by atoms with Gasteiger partial charge in [-0.25, -0.2) is 0 Å². The number of amides is 2. The van der Waals surface area contributed by atoms with Gasteiger partial charge < -0.3 is 20.7 Å². The van der Waals surface area contributed by atoms with Crippen LogP contribution in [-0.4, -0.2) is 37.8 Å². The summed E-state index contributed by atoms with van der Waals surface area (Å²) in [5, 5.41) is 9.09. The summed E-state index contributed by atoms with van der Waals surface area (Å²) in [6.45, 7) is 3.22. The second-order valence-corrected chi connectivity index (χ2v) is 7.53. The van der Waals surface area contributed by atoms with Crippen molar-refractivity contribution >= 4 is 23.6 Å². The summed E-state index contributed by atoms with van der Waals surface area (Å²) in [6, 6.07) is 13.7. The number of hydrogen-bond acceptors (Lipinski definition) is 5. The smallest absolute Gasteiger partial charge is 0.252 e. The first-order chi connectivity index (χ1) is 13.7. The molecule has 2 amide bonds. The number of benzene rings is 2. The molecule has 1 aliphatic rings. The van der Waals surface area contributed by atoms with Gasteiger partial charge in [-0.1, -0.05) is 30.3 Å². The largest absolute Gasteiger partial charge is 0.383 e. The molecule has 0 aliphatic carbocycles. The van der Waals surface area contributed by atoms with Crippen molar-refractivity contribution < 1.29 is 14.3 Å². The molecule has 3 N–H and O–H groups in total. The predicted molar refractivity (Wildman–Crippen MR) is 110 cm³/mol. The molecule has 1 aliphatic heterocycles. The molecular formula is C21H25N3O3S. The summed E-state index contributed by atoms with van der Waals surface area (Å²) in [5.41, 5.74) is 4.28. The van der Waals surface area contributed by atoms with Crippen LogP contribution < -0.4 is 16.0 Å². The van der Waals surface area contributed by atoms with E-state index in [4.69, 9.17) is 4.74 Å². The van der Waals surface area contributed by atoms with Gasteiger partial charge in [-0.2, -0.15) is 0 Å². The van der Waals surface area contributed by atoms with Gasteiger partial charge in [0.1, 0.15) is 0 Å². The topological polar surface area (TPSA) is 79.5 Å². The predicted octanol–water partition coefficient (Wildman–Crippen LogP) is 2.07. The van der Waals surface area contributed by atoms with Crippen molar-refractivity contribution in [2.24, 2.45) is 0 Å². The fourth-order valence-electron chi connectivity index (χ4n) is 3.00. The molecule has 28 heavy (non-hydrogen) atoms. The third-order valence-electron chi connectivity index (χ3n) is 4.47. The van der Waals surface area contributed by atoms with Gasteiger partial charge >= 0.3 is 0 Å². The van der Waals surface area contributed by atoms with Crippen LogP contribution in [0.4, 0.5) is 0 Å². The highest BCUT2D eigenvalue weighted by atomic mass is 32.2. The van der Waals surface area contributed by atoms with Gasteiger partial charge in [0.05, 0.1) is 17.9 Å². The minimum absolute atomic E-state index is 0.0796. The Labute approximate surface area is 169 Å². The van der Waals surface area contributed by atoms with Gasteiger partial charge in [-0.05, 0) is 28.8 Å². The van der Waals surface area contributed by atoms with E-state index in [1.807, 2.05) is 18.2 Å². The van der Waals surface area contributed by atoms with Gasteiger partial charge in [0.15, 0.2) is 0 Å². The van der Waals surface area contributed by atoms with Gasteiger partial charge in [0, 0.05) is 38.2 Å². The number of carbonyl (C=O) groups excluding carboxylic acids is 2. The zero-order chi connectivity index (χ0) is 19.8. The standard InChI is InChI=1S/C21H25N3O3S/c1-27-9-8-23-20(25)14-28-19-5-3-2-4-18(19)21(26)24-11-15-6-7-16-12-22-13-17(16)10-15/h2-7,10,22H,8-9,11-14H2,1H3,(H,23,25)(H,24,26). The Morgan fingerprint density at radius 2 is 1.93 bits per heavy atom. The number of ether oxygens (including phenoxy) is 1. The van der Waals surface area contributed by atoms with Gasteiger partial charge in [-0.3, -0.25) is 9.59 Å². The Hall–Kier alpha value is -2.35. The van der Waals surface area contributed by atoms with E-state index < -0.39 is 0 Å². The van der Waals surface area contributed by atoms with Crippen LogP contribution in [-0.2, 0) is 29.2 Å². The molecular weight excluding hydrogens is 374 g/mol. The van der Waals surface area contributed by atoms with Crippen LogP contribution in [0.1, 0.15) is 27.0 Å². The monoisotopic (exact) mass is 399 g/mol. The molecule has 0 bridgehead atoms. The Balaban J connectivity index is 1.55. The number of fused-ring (bicyclic) bond motifs is 1. The first-order valence-electron chi connectivity index (χ1n) is 9.24. The fourth-order valence-corrected chi connectivity index (χ4v) is 3.88. The van der Waals surface area contributed by atoms with Crippen molar-refractivity contribution in [3.63, 3.8) is 0 Å². The Morgan fingerprint density at radius 3 is 2.79 bits per heavy atom. The van der Waals surface area contributed by atoms with E-state index in [-0.39, 0.29) is 17.6 Å². The summed E-state index contributed by atoms with van der Waals surface area (Å²) in [4.78, 5) is 25.3. The van der Waals surface area contributed by atoms with Crippen molar-refractivity contribution in [3.8, 4) is 0 Å². The molecule has 6 nitrogen and oxygen atoms in total. The molecule has 1 heterocycles. The second kappa shape index (κ2) is 10.3. The second-order valence-electron chi connectivity index (χ2n) is 6.52. The molecule has 0 fully saturated rings. The van der Waals surface area contributed by atoms with Crippen LogP contribution in [0.3, 0.4) is 0 Å². The Kier molecular flexibility index (Phi) is 7.47. The molecule has 0 unspecified atom stereocenters. The first-order valence-corrected chi connectivity index (χ1v) is 10.2. The highest BCUT2D eigenvalue weighted by Gasteiger charge is 2.14. The minimum Gasteiger partial charge on any atom is -0.383 e. The molecule has 148 valence electrons. The lowest BCUT2D eigenvalue weighted by Gasteiger charge is -2.11.